The number of halogens is 1. The molecule has 0 spiro atoms. The Balaban J connectivity index is 1.64. The fourth-order valence-electron chi connectivity index (χ4n) is 3.51. The first-order chi connectivity index (χ1) is 16.6. The van der Waals surface area contributed by atoms with Crippen molar-refractivity contribution in [3.8, 4) is 0 Å². The van der Waals surface area contributed by atoms with Gasteiger partial charge in [0.05, 0.1) is 30.5 Å². The molecule has 9 nitrogen and oxygen atoms in total. The van der Waals surface area contributed by atoms with Crippen molar-refractivity contribution in [1.29, 1.82) is 0 Å². The normalized spacial score (nSPS) is 13.3. The number of amides is 1. The smallest absolute Gasteiger partial charge is 0.309 e. The van der Waals surface area contributed by atoms with E-state index < -0.39 is 22.2 Å². The molecule has 0 aliphatic rings. The zero-order valence-electron chi connectivity index (χ0n) is 19.5. The molecular weight excluding hydrogens is 583 g/mol. The van der Waals surface area contributed by atoms with Crippen LogP contribution < -0.4 is 15.4 Å². The van der Waals surface area contributed by atoms with Crippen molar-refractivity contribution in [2.75, 3.05) is 17.5 Å². The maximum absolute atomic E-state index is 12.8. The largest absolute Gasteiger partial charge is 0.428 e. The minimum Gasteiger partial charge on any atom is -0.428 e. The Hall–Kier alpha value is -2.48. The first-order valence-electron chi connectivity index (χ1n) is 11.0. The Morgan fingerprint density at radius 3 is 2.54 bits per heavy atom. The molecule has 1 aromatic heterocycles. The van der Waals surface area contributed by atoms with E-state index in [9.17, 15) is 18.3 Å². The first kappa shape index (κ1) is 27.1. The quantitative estimate of drug-likeness (QED) is 0.231. The third-order valence-electron chi connectivity index (χ3n) is 5.17. The summed E-state index contributed by atoms with van der Waals surface area (Å²) in [5.41, 5.74) is 2.40. The van der Waals surface area contributed by atoms with Crippen LogP contribution in [0, 0.1) is 10.5 Å². The lowest BCUT2D eigenvalue weighted by Gasteiger charge is -2.25. The predicted octanol–water partition coefficient (Wildman–Crippen LogP) is 2.38. The summed E-state index contributed by atoms with van der Waals surface area (Å²) >= 11 is 2.26. The number of oxazole rings is 1. The van der Waals surface area contributed by atoms with Gasteiger partial charge >= 0.3 is 6.01 Å². The summed E-state index contributed by atoms with van der Waals surface area (Å²) in [7, 11) is -3.55. The minimum absolute atomic E-state index is 0.116. The minimum atomic E-state index is -3.55. The molecule has 0 aliphatic carbocycles. The number of carbonyl (C=O) groups excluding carboxylic acids is 1. The van der Waals surface area contributed by atoms with Crippen LogP contribution in [-0.2, 0) is 34.2 Å². The summed E-state index contributed by atoms with van der Waals surface area (Å²) in [5.74, 6) is -0.0180. The number of rotatable bonds is 12. The van der Waals surface area contributed by atoms with Gasteiger partial charge in [-0.1, -0.05) is 42.5 Å². The van der Waals surface area contributed by atoms with E-state index >= 15 is 0 Å². The van der Waals surface area contributed by atoms with Gasteiger partial charge in [0, 0.05) is 16.7 Å². The van der Waals surface area contributed by atoms with Crippen LogP contribution in [0.5, 0.6) is 0 Å². The highest BCUT2D eigenvalue weighted by molar-refractivity contribution is 14.1. The average molecular weight is 612 g/mol. The predicted molar refractivity (Wildman–Crippen MR) is 142 cm³/mol. The van der Waals surface area contributed by atoms with Gasteiger partial charge in [-0.25, -0.2) is 13.1 Å². The SMILES string of the molecule is Cc1oc(NS(C)(=O)=O)nc1CC(=O)N[C@@H](Cc1ccccc1)[C@H](O)CNCc1cccc(I)c1. The molecule has 4 N–H and O–H groups in total. The maximum atomic E-state index is 12.8. The van der Waals surface area contributed by atoms with E-state index in [1.807, 2.05) is 48.5 Å². The molecule has 35 heavy (non-hydrogen) atoms. The molecule has 0 bridgehead atoms. The van der Waals surface area contributed by atoms with E-state index in [1.54, 1.807) is 6.92 Å². The number of anilines is 1. The van der Waals surface area contributed by atoms with Crippen molar-refractivity contribution < 1.29 is 22.7 Å². The van der Waals surface area contributed by atoms with Gasteiger partial charge in [-0.15, -0.1) is 0 Å². The number of aryl methyl sites for hydroxylation is 1. The van der Waals surface area contributed by atoms with E-state index in [4.69, 9.17) is 4.42 Å². The lowest BCUT2D eigenvalue weighted by atomic mass is 10.0. The van der Waals surface area contributed by atoms with Crippen LogP contribution in [0.4, 0.5) is 6.01 Å². The van der Waals surface area contributed by atoms with Crippen molar-refractivity contribution in [2.24, 2.45) is 0 Å². The van der Waals surface area contributed by atoms with Gasteiger partial charge in [0.2, 0.25) is 15.9 Å². The molecule has 2 aromatic carbocycles. The highest BCUT2D eigenvalue weighted by atomic mass is 127. The summed E-state index contributed by atoms with van der Waals surface area (Å²) in [5, 5.41) is 17.1. The molecule has 11 heteroatoms. The van der Waals surface area contributed by atoms with Crippen molar-refractivity contribution in [3.05, 3.63) is 80.7 Å². The Morgan fingerprint density at radius 2 is 1.86 bits per heavy atom. The van der Waals surface area contributed by atoms with Crippen LogP contribution in [0.25, 0.3) is 0 Å². The topological polar surface area (TPSA) is 134 Å². The lowest BCUT2D eigenvalue weighted by Crippen LogP contribution is -2.49. The Kier molecular flexibility index (Phi) is 9.66. The standard InChI is InChI=1S/C24H29IN4O5S/c1-16-20(28-24(34-16)29-35(2,32)33)13-23(31)27-21(12-17-7-4-3-5-8-17)22(30)15-26-14-18-9-6-10-19(25)11-18/h3-11,21-22,26,30H,12-15H2,1-2H3,(H,27,31)(H,28,29)/t21-,22+/m0/s1. The number of sulfonamides is 1. The average Bonchev–Trinajstić information content (AvgIpc) is 3.10. The first-order valence-corrected chi connectivity index (χ1v) is 14.0. The number of aromatic nitrogens is 1. The number of hydrogen-bond acceptors (Lipinski definition) is 7. The van der Waals surface area contributed by atoms with Crippen LogP contribution in [0.1, 0.15) is 22.6 Å². The van der Waals surface area contributed by atoms with Gasteiger partial charge in [-0.3, -0.25) is 4.79 Å². The lowest BCUT2D eigenvalue weighted by molar-refractivity contribution is -0.122. The van der Waals surface area contributed by atoms with Crippen molar-refractivity contribution >= 4 is 44.5 Å². The van der Waals surface area contributed by atoms with Crippen LogP contribution in [-0.4, -0.2) is 49.4 Å². The Bertz CT molecular complexity index is 1230. The molecular formula is C24H29IN4O5S. The molecule has 0 saturated heterocycles. The second-order valence-corrected chi connectivity index (χ2v) is 11.3. The van der Waals surface area contributed by atoms with Crippen molar-refractivity contribution in [3.63, 3.8) is 0 Å². The second kappa shape index (κ2) is 12.5. The fourth-order valence-corrected chi connectivity index (χ4v) is 4.52. The van der Waals surface area contributed by atoms with E-state index in [1.165, 1.54) is 0 Å². The highest BCUT2D eigenvalue weighted by Gasteiger charge is 2.23. The van der Waals surface area contributed by atoms with Crippen molar-refractivity contribution in [2.45, 2.75) is 38.5 Å². The van der Waals surface area contributed by atoms with Gasteiger partial charge in [0.1, 0.15) is 5.76 Å². The number of carbonyl (C=O) groups is 1. The number of nitrogens with zero attached hydrogens (tertiary/aromatic N) is 1. The van der Waals surface area contributed by atoms with Gasteiger partial charge in [0.15, 0.2) is 0 Å². The zero-order chi connectivity index (χ0) is 25.4. The molecule has 0 fully saturated rings. The molecule has 3 rings (SSSR count). The summed E-state index contributed by atoms with van der Waals surface area (Å²) in [6, 6.07) is 16.9. The third kappa shape index (κ3) is 9.24. The fraction of sp³-hybridized carbons (Fsp3) is 0.333. The van der Waals surface area contributed by atoms with E-state index in [0.29, 0.717) is 24.4 Å². The summed E-state index contributed by atoms with van der Waals surface area (Å²) in [4.78, 5) is 16.9. The van der Waals surface area contributed by atoms with Crippen molar-refractivity contribution in [1.82, 2.24) is 15.6 Å². The van der Waals surface area contributed by atoms with E-state index in [-0.39, 0.29) is 24.9 Å². The summed E-state index contributed by atoms with van der Waals surface area (Å²) in [6.45, 7) is 2.48. The third-order valence-corrected chi connectivity index (χ3v) is 6.39. The highest BCUT2D eigenvalue weighted by Crippen LogP contribution is 2.16. The number of aliphatic hydroxyl groups is 1. The zero-order valence-corrected chi connectivity index (χ0v) is 22.5. The number of benzene rings is 2. The number of aliphatic hydroxyl groups excluding tert-OH is 1. The Morgan fingerprint density at radius 1 is 1.14 bits per heavy atom. The van der Waals surface area contributed by atoms with Crippen LogP contribution >= 0.6 is 22.6 Å². The molecule has 0 radical (unpaired) electrons. The molecule has 1 amide bonds. The summed E-state index contributed by atoms with van der Waals surface area (Å²) in [6.07, 6.45) is 0.468. The van der Waals surface area contributed by atoms with Gasteiger partial charge in [-0.2, -0.15) is 4.98 Å². The molecule has 188 valence electrons. The van der Waals surface area contributed by atoms with Gasteiger partial charge in [-0.05, 0) is 59.2 Å². The monoisotopic (exact) mass is 612 g/mol. The van der Waals surface area contributed by atoms with E-state index in [0.717, 1.165) is 21.0 Å². The maximum Gasteiger partial charge on any atom is 0.309 e. The van der Waals surface area contributed by atoms with Crippen LogP contribution in [0.15, 0.2) is 59.0 Å². The van der Waals surface area contributed by atoms with E-state index in [2.05, 4.69) is 49.0 Å². The van der Waals surface area contributed by atoms with Crippen LogP contribution in [0.2, 0.25) is 0 Å². The molecule has 2 atom stereocenters. The molecule has 1 heterocycles. The number of hydrogen-bond donors (Lipinski definition) is 4. The molecule has 0 aliphatic heterocycles. The molecule has 0 saturated carbocycles. The molecule has 0 unspecified atom stereocenters. The van der Waals surface area contributed by atoms with Crippen LogP contribution in [0.3, 0.4) is 0 Å². The second-order valence-electron chi connectivity index (χ2n) is 8.26. The summed E-state index contributed by atoms with van der Waals surface area (Å²) < 4.78 is 31.4. The molecule has 3 aromatic rings. The van der Waals surface area contributed by atoms with Gasteiger partial charge in [0.25, 0.3) is 0 Å². The number of nitrogens with one attached hydrogen (secondary N) is 3. The van der Waals surface area contributed by atoms with Gasteiger partial charge < -0.3 is 20.2 Å². The Labute approximate surface area is 218 Å².